The number of Topliss-reactive ketones (excluding diaryl/α,β-unsaturated/α-hetero) is 1. The molecule has 2 atom stereocenters. The Bertz CT molecular complexity index is 688. The summed E-state index contributed by atoms with van der Waals surface area (Å²) < 4.78 is 17.9. The first-order valence-electron chi connectivity index (χ1n) is 10.8. The van der Waals surface area contributed by atoms with Crippen molar-refractivity contribution in [3.8, 4) is 0 Å². The first kappa shape index (κ1) is 26.3. The minimum atomic E-state index is -0.556. The van der Waals surface area contributed by atoms with Gasteiger partial charge in [0, 0.05) is 12.1 Å². The van der Waals surface area contributed by atoms with Crippen LogP contribution < -0.4 is 0 Å². The predicted octanol–water partition coefficient (Wildman–Crippen LogP) is 6.82. The minimum Gasteiger partial charge on any atom is -0.444 e. The molecule has 3 rings (SSSR count). The molecule has 2 aliphatic rings. The number of ketones is 1. The summed E-state index contributed by atoms with van der Waals surface area (Å²) >= 11 is 5.49. The molecule has 0 saturated carbocycles. The summed E-state index contributed by atoms with van der Waals surface area (Å²) in [4.78, 5) is 28.2. The summed E-state index contributed by atoms with van der Waals surface area (Å²) in [5.74, 6) is -0.846. The summed E-state index contributed by atoms with van der Waals surface area (Å²) in [6.07, 6.45) is 9.44. The molecule has 2 aliphatic heterocycles. The number of aromatic nitrogens is 1. The highest BCUT2D eigenvalue weighted by Gasteiger charge is 2.41. The average molecular weight is 443 g/mol. The molecule has 1 aromatic rings. The van der Waals surface area contributed by atoms with Crippen LogP contribution in [0.2, 0.25) is 5.15 Å². The standard InChI is InChI=1S/C12H21NO2.C7H5ClFNO.C4H10/c1-12(2,3)15-11(14)13-9-5-4-6-10(13)8-7-9;1-4(11)6-2-5(9)3-10-7(6)8;1-3-4-2/h9-10H,4-8H2,1-3H3;2-3H,1H3;3-4H2,1-2H3/t9-,10?;;/m0../s1. The van der Waals surface area contributed by atoms with E-state index in [0.29, 0.717) is 12.1 Å². The second-order valence-corrected chi connectivity index (χ2v) is 9.11. The van der Waals surface area contributed by atoms with Crippen LogP contribution in [0, 0.1) is 5.82 Å². The van der Waals surface area contributed by atoms with Gasteiger partial charge in [-0.15, -0.1) is 0 Å². The molecular weight excluding hydrogens is 407 g/mol. The van der Waals surface area contributed by atoms with Crippen LogP contribution in [-0.4, -0.2) is 39.4 Å². The third kappa shape index (κ3) is 8.58. The number of carbonyl (C=O) groups excluding carboxylic acids is 2. The van der Waals surface area contributed by atoms with Crippen molar-refractivity contribution in [2.45, 2.75) is 104 Å². The Hall–Kier alpha value is -1.69. The van der Waals surface area contributed by atoms with Crippen LogP contribution in [0.3, 0.4) is 0 Å². The number of hydrogen-bond donors (Lipinski definition) is 0. The van der Waals surface area contributed by atoms with E-state index in [9.17, 15) is 14.0 Å². The highest BCUT2D eigenvalue weighted by molar-refractivity contribution is 6.32. The molecular formula is C23H36ClFN2O3. The summed E-state index contributed by atoms with van der Waals surface area (Å²) in [6.45, 7) is 11.5. The zero-order valence-electron chi connectivity index (χ0n) is 19.1. The van der Waals surface area contributed by atoms with Crippen molar-refractivity contribution >= 4 is 23.5 Å². The van der Waals surface area contributed by atoms with Gasteiger partial charge in [0.15, 0.2) is 5.78 Å². The lowest BCUT2D eigenvalue weighted by Crippen LogP contribution is -2.46. The number of piperidine rings is 1. The number of rotatable bonds is 2. The van der Waals surface area contributed by atoms with E-state index in [2.05, 4.69) is 18.8 Å². The van der Waals surface area contributed by atoms with Gasteiger partial charge in [0.1, 0.15) is 16.6 Å². The van der Waals surface area contributed by atoms with Crippen LogP contribution in [0.5, 0.6) is 0 Å². The van der Waals surface area contributed by atoms with Crippen LogP contribution in [0.1, 0.15) is 96.8 Å². The number of pyridine rings is 1. The first-order valence-corrected chi connectivity index (χ1v) is 11.2. The number of amides is 1. The minimum absolute atomic E-state index is 0.0406. The second kappa shape index (κ2) is 12.2. The SMILES string of the molecule is CC(=O)c1cc(F)cnc1Cl.CC(C)(C)OC(=O)N1C2CCC[C@H]1CC2.CCCC. The molecule has 2 saturated heterocycles. The van der Waals surface area contributed by atoms with Crippen molar-refractivity contribution in [1.82, 2.24) is 9.88 Å². The van der Waals surface area contributed by atoms with Gasteiger partial charge in [-0.25, -0.2) is 14.2 Å². The molecule has 1 unspecified atom stereocenters. The monoisotopic (exact) mass is 442 g/mol. The molecule has 170 valence electrons. The lowest BCUT2D eigenvalue weighted by atomic mass is 10.0. The molecule has 0 N–H and O–H groups in total. The highest BCUT2D eigenvalue weighted by Crippen LogP contribution is 2.36. The van der Waals surface area contributed by atoms with Gasteiger partial charge >= 0.3 is 6.09 Å². The van der Waals surface area contributed by atoms with Crippen LogP contribution in [0.4, 0.5) is 9.18 Å². The third-order valence-electron chi connectivity index (χ3n) is 4.98. The molecule has 0 aromatic carbocycles. The summed E-state index contributed by atoms with van der Waals surface area (Å²) in [5, 5.41) is 0.0406. The maximum Gasteiger partial charge on any atom is 0.410 e. The maximum absolute atomic E-state index is 12.4. The van der Waals surface area contributed by atoms with Crippen molar-refractivity contribution in [1.29, 1.82) is 0 Å². The largest absolute Gasteiger partial charge is 0.444 e. The fourth-order valence-electron chi connectivity index (χ4n) is 3.40. The fourth-order valence-corrected chi connectivity index (χ4v) is 3.64. The molecule has 3 heterocycles. The maximum atomic E-state index is 12.4. The van der Waals surface area contributed by atoms with Gasteiger partial charge in [0.25, 0.3) is 0 Å². The molecule has 2 bridgehead atoms. The van der Waals surface area contributed by atoms with E-state index in [1.807, 2.05) is 25.7 Å². The fraction of sp³-hybridized carbons (Fsp3) is 0.696. The van der Waals surface area contributed by atoms with Crippen LogP contribution in [0.15, 0.2) is 12.3 Å². The van der Waals surface area contributed by atoms with E-state index in [-0.39, 0.29) is 28.2 Å². The Labute approximate surface area is 185 Å². The number of unbranched alkanes of at least 4 members (excludes halogenated alkanes) is 1. The Morgan fingerprint density at radius 3 is 2.10 bits per heavy atom. The van der Waals surface area contributed by atoms with Gasteiger partial charge in [0.2, 0.25) is 0 Å². The first-order chi connectivity index (χ1) is 14.0. The smallest absolute Gasteiger partial charge is 0.410 e. The van der Waals surface area contributed by atoms with Crippen molar-refractivity contribution < 1.29 is 18.7 Å². The van der Waals surface area contributed by atoms with Crippen LogP contribution >= 0.6 is 11.6 Å². The third-order valence-corrected chi connectivity index (χ3v) is 5.29. The summed E-state index contributed by atoms with van der Waals surface area (Å²) in [6, 6.07) is 1.98. The summed E-state index contributed by atoms with van der Waals surface area (Å²) in [5.41, 5.74) is -0.250. The second-order valence-electron chi connectivity index (χ2n) is 8.75. The number of hydrogen-bond acceptors (Lipinski definition) is 4. The normalized spacial score (nSPS) is 19.8. The molecule has 1 aromatic heterocycles. The van der Waals surface area contributed by atoms with Crippen molar-refractivity contribution in [3.05, 3.63) is 28.8 Å². The van der Waals surface area contributed by atoms with E-state index in [1.165, 1.54) is 39.0 Å². The van der Waals surface area contributed by atoms with E-state index < -0.39 is 5.82 Å². The van der Waals surface area contributed by atoms with Gasteiger partial charge in [-0.05, 0) is 65.9 Å². The Morgan fingerprint density at radius 1 is 1.17 bits per heavy atom. The zero-order chi connectivity index (χ0) is 22.9. The van der Waals surface area contributed by atoms with E-state index in [1.54, 1.807) is 0 Å². The predicted molar refractivity (Wildman–Crippen MR) is 119 cm³/mol. The number of halogens is 2. The molecule has 0 aliphatic carbocycles. The number of ether oxygens (including phenoxy) is 1. The Kier molecular flexibility index (Phi) is 10.7. The number of fused-ring (bicyclic) bond motifs is 2. The van der Waals surface area contributed by atoms with Crippen LogP contribution in [-0.2, 0) is 4.74 Å². The van der Waals surface area contributed by atoms with Crippen molar-refractivity contribution in [2.24, 2.45) is 0 Å². The summed E-state index contributed by atoms with van der Waals surface area (Å²) in [7, 11) is 0. The number of nitrogens with zero attached hydrogens (tertiary/aromatic N) is 2. The van der Waals surface area contributed by atoms with Crippen LogP contribution in [0.25, 0.3) is 0 Å². The molecule has 5 nitrogen and oxygen atoms in total. The average Bonchev–Trinajstić information content (AvgIpc) is 2.92. The van der Waals surface area contributed by atoms with Crippen molar-refractivity contribution in [2.75, 3.05) is 0 Å². The lowest BCUT2D eigenvalue weighted by molar-refractivity contribution is 0.00782. The molecule has 1 amide bonds. The highest BCUT2D eigenvalue weighted by atomic mass is 35.5. The van der Waals surface area contributed by atoms with Gasteiger partial charge in [-0.3, -0.25) is 4.79 Å². The Balaban J connectivity index is 0.000000264. The van der Waals surface area contributed by atoms with Gasteiger partial charge in [-0.2, -0.15) is 0 Å². The lowest BCUT2D eigenvalue weighted by Gasteiger charge is -2.35. The molecule has 2 fully saturated rings. The molecule has 0 spiro atoms. The van der Waals surface area contributed by atoms with E-state index >= 15 is 0 Å². The van der Waals surface area contributed by atoms with Gasteiger partial charge < -0.3 is 9.64 Å². The topological polar surface area (TPSA) is 59.5 Å². The van der Waals surface area contributed by atoms with Gasteiger partial charge in [-0.1, -0.05) is 38.3 Å². The van der Waals surface area contributed by atoms with E-state index in [4.69, 9.17) is 16.3 Å². The quantitative estimate of drug-likeness (QED) is 0.372. The number of carbonyl (C=O) groups is 2. The Morgan fingerprint density at radius 2 is 1.70 bits per heavy atom. The molecule has 7 heteroatoms. The van der Waals surface area contributed by atoms with Crippen molar-refractivity contribution in [3.63, 3.8) is 0 Å². The molecule has 0 radical (unpaired) electrons. The zero-order valence-corrected chi connectivity index (χ0v) is 19.9. The van der Waals surface area contributed by atoms with E-state index in [0.717, 1.165) is 25.1 Å². The molecule has 30 heavy (non-hydrogen) atoms. The van der Waals surface area contributed by atoms with Gasteiger partial charge in [0.05, 0.1) is 11.8 Å².